The van der Waals surface area contributed by atoms with Gasteiger partial charge in [0, 0.05) is 43.7 Å². The van der Waals surface area contributed by atoms with Crippen molar-refractivity contribution in [2.75, 3.05) is 33.4 Å². The number of nitrogens with zero attached hydrogens (tertiary/aromatic N) is 3. The number of aryl methyl sites for hydroxylation is 1. The van der Waals surface area contributed by atoms with Gasteiger partial charge in [0.25, 0.3) is 0 Å². The van der Waals surface area contributed by atoms with Crippen LogP contribution in [0, 0.1) is 11.8 Å². The summed E-state index contributed by atoms with van der Waals surface area (Å²) in [5, 5.41) is 8.96. The number of methoxy groups -OCH3 is 1. The van der Waals surface area contributed by atoms with Crippen LogP contribution in [-0.2, 0) is 22.5 Å². The summed E-state index contributed by atoms with van der Waals surface area (Å²) < 4.78 is 23.2. The van der Waals surface area contributed by atoms with Gasteiger partial charge in [-0.3, -0.25) is 0 Å². The second-order valence-corrected chi connectivity index (χ2v) is 11.6. The van der Waals surface area contributed by atoms with E-state index >= 15 is 0 Å². The number of benzene rings is 2. The minimum absolute atomic E-state index is 0.0912. The monoisotopic (exact) mass is 561 g/mol. The molecule has 8 nitrogen and oxygen atoms in total. The minimum Gasteiger partial charge on any atom is -0.489 e. The molecule has 1 aromatic heterocycles. The third-order valence-electron chi connectivity index (χ3n) is 7.08. The molecule has 2 heterocycles. The molecule has 3 aromatic rings. The van der Waals surface area contributed by atoms with E-state index in [0.29, 0.717) is 38.8 Å². The SMILES string of the molecule is CCCCc1nnc(OCC2CN(C(=O)OC(C)(C)C)CC2COC)cc1-c1ccc(OCc2ccccc2)cc1. The van der Waals surface area contributed by atoms with Gasteiger partial charge < -0.3 is 23.8 Å². The van der Waals surface area contributed by atoms with Crippen LogP contribution in [-0.4, -0.2) is 60.2 Å². The van der Waals surface area contributed by atoms with E-state index in [2.05, 4.69) is 41.4 Å². The molecule has 220 valence electrons. The topological polar surface area (TPSA) is 83.0 Å². The number of likely N-dealkylation sites (tertiary alicyclic amines) is 1. The van der Waals surface area contributed by atoms with E-state index in [4.69, 9.17) is 18.9 Å². The maximum absolute atomic E-state index is 12.7. The molecule has 1 amide bonds. The fourth-order valence-electron chi connectivity index (χ4n) is 4.92. The lowest BCUT2D eigenvalue weighted by Gasteiger charge is -2.24. The molecule has 1 fully saturated rings. The third kappa shape index (κ3) is 8.92. The van der Waals surface area contributed by atoms with Gasteiger partial charge in [0.1, 0.15) is 18.0 Å². The lowest BCUT2D eigenvalue weighted by Crippen LogP contribution is -2.35. The van der Waals surface area contributed by atoms with Crippen LogP contribution in [0.25, 0.3) is 11.1 Å². The molecule has 1 aliphatic rings. The second kappa shape index (κ2) is 14.3. The first-order valence-electron chi connectivity index (χ1n) is 14.5. The van der Waals surface area contributed by atoms with Gasteiger partial charge in [-0.2, -0.15) is 5.10 Å². The fraction of sp³-hybridized carbons (Fsp3) is 0.485. The van der Waals surface area contributed by atoms with Crippen LogP contribution in [0.2, 0.25) is 0 Å². The first kappa shape index (κ1) is 30.3. The Labute approximate surface area is 244 Å². The number of aromatic nitrogens is 2. The minimum atomic E-state index is -0.542. The molecule has 0 saturated carbocycles. The highest BCUT2D eigenvalue weighted by Gasteiger charge is 2.37. The fourth-order valence-corrected chi connectivity index (χ4v) is 4.92. The Morgan fingerprint density at radius 2 is 1.66 bits per heavy atom. The Morgan fingerprint density at radius 1 is 0.951 bits per heavy atom. The van der Waals surface area contributed by atoms with E-state index in [-0.39, 0.29) is 17.9 Å². The molecule has 0 spiro atoms. The van der Waals surface area contributed by atoms with E-state index in [0.717, 1.165) is 47.4 Å². The average molecular weight is 562 g/mol. The Hall–Kier alpha value is -3.65. The molecule has 0 radical (unpaired) electrons. The summed E-state index contributed by atoms with van der Waals surface area (Å²) in [4.78, 5) is 14.4. The quantitative estimate of drug-likeness (QED) is 0.247. The van der Waals surface area contributed by atoms with Gasteiger partial charge in [0.05, 0.1) is 18.9 Å². The average Bonchev–Trinajstić information content (AvgIpc) is 3.37. The number of hydrogen-bond donors (Lipinski definition) is 0. The van der Waals surface area contributed by atoms with Gasteiger partial charge in [-0.15, -0.1) is 5.10 Å². The standard InChI is InChI=1S/C33H43N3O5/c1-6-7-13-30-29(25-14-16-28(17-15-25)39-21-24-11-9-8-10-12-24)18-31(35-34-30)40-23-27-20-36(19-26(27)22-38-5)32(37)41-33(2,3)4/h8-12,14-18,26-27H,6-7,13,19-23H2,1-5H3. The first-order valence-corrected chi connectivity index (χ1v) is 14.5. The second-order valence-electron chi connectivity index (χ2n) is 11.6. The van der Waals surface area contributed by atoms with Crippen molar-refractivity contribution in [3.05, 3.63) is 71.9 Å². The summed E-state index contributed by atoms with van der Waals surface area (Å²) in [6.07, 6.45) is 2.64. The van der Waals surface area contributed by atoms with Crippen molar-refractivity contribution >= 4 is 6.09 Å². The normalized spacial score (nSPS) is 17.0. The number of carbonyl (C=O) groups excluding carboxylic acids is 1. The summed E-state index contributed by atoms with van der Waals surface area (Å²) >= 11 is 0. The number of hydrogen-bond acceptors (Lipinski definition) is 7. The summed E-state index contributed by atoms with van der Waals surface area (Å²) in [7, 11) is 1.68. The molecule has 41 heavy (non-hydrogen) atoms. The number of rotatable bonds is 12. The van der Waals surface area contributed by atoms with E-state index in [1.807, 2.05) is 57.2 Å². The third-order valence-corrected chi connectivity index (χ3v) is 7.08. The van der Waals surface area contributed by atoms with E-state index in [1.54, 1.807) is 12.0 Å². The van der Waals surface area contributed by atoms with Crippen LogP contribution in [0.4, 0.5) is 4.79 Å². The van der Waals surface area contributed by atoms with Crippen molar-refractivity contribution in [2.45, 2.75) is 59.2 Å². The van der Waals surface area contributed by atoms with Crippen LogP contribution in [0.1, 0.15) is 51.8 Å². The zero-order valence-electron chi connectivity index (χ0n) is 25.0. The maximum Gasteiger partial charge on any atom is 0.410 e. The highest BCUT2D eigenvalue weighted by atomic mass is 16.6. The van der Waals surface area contributed by atoms with Gasteiger partial charge in [0.2, 0.25) is 5.88 Å². The zero-order valence-corrected chi connectivity index (χ0v) is 25.0. The summed E-state index contributed by atoms with van der Waals surface area (Å²) in [6, 6.07) is 20.2. The van der Waals surface area contributed by atoms with Crippen LogP contribution < -0.4 is 9.47 Å². The zero-order chi connectivity index (χ0) is 29.2. The van der Waals surface area contributed by atoms with E-state index in [9.17, 15) is 4.79 Å². The molecular formula is C33H43N3O5. The molecule has 0 N–H and O–H groups in total. The van der Waals surface area contributed by atoms with Gasteiger partial charge in [-0.05, 0) is 56.9 Å². The van der Waals surface area contributed by atoms with Crippen LogP contribution in [0.15, 0.2) is 60.7 Å². The molecule has 2 atom stereocenters. The van der Waals surface area contributed by atoms with Crippen molar-refractivity contribution < 1.29 is 23.7 Å². The largest absolute Gasteiger partial charge is 0.489 e. The van der Waals surface area contributed by atoms with Crippen molar-refractivity contribution in [2.24, 2.45) is 11.8 Å². The summed E-state index contributed by atoms with van der Waals surface area (Å²) in [5.74, 6) is 1.52. The Morgan fingerprint density at radius 3 is 2.32 bits per heavy atom. The van der Waals surface area contributed by atoms with Crippen molar-refractivity contribution in [3.63, 3.8) is 0 Å². The molecule has 4 rings (SSSR count). The number of carbonyl (C=O) groups is 1. The van der Waals surface area contributed by atoms with Crippen LogP contribution in [0.5, 0.6) is 11.6 Å². The Bertz CT molecular complexity index is 1240. The van der Waals surface area contributed by atoms with Gasteiger partial charge in [0.15, 0.2) is 0 Å². The highest BCUT2D eigenvalue weighted by molar-refractivity contribution is 5.69. The smallest absolute Gasteiger partial charge is 0.410 e. The highest BCUT2D eigenvalue weighted by Crippen LogP contribution is 2.30. The molecule has 1 saturated heterocycles. The van der Waals surface area contributed by atoms with E-state index in [1.165, 1.54) is 0 Å². The maximum atomic E-state index is 12.7. The van der Waals surface area contributed by atoms with Gasteiger partial charge in [-0.25, -0.2) is 4.79 Å². The van der Waals surface area contributed by atoms with Crippen molar-refractivity contribution in [1.29, 1.82) is 0 Å². The lowest BCUT2D eigenvalue weighted by molar-refractivity contribution is 0.0277. The predicted octanol–water partition coefficient (Wildman–Crippen LogP) is 6.57. The van der Waals surface area contributed by atoms with Gasteiger partial charge in [-0.1, -0.05) is 55.8 Å². The molecule has 2 unspecified atom stereocenters. The molecule has 2 aromatic carbocycles. The Kier molecular flexibility index (Phi) is 10.6. The van der Waals surface area contributed by atoms with Crippen molar-refractivity contribution in [1.82, 2.24) is 15.1 Å². The summed E-state index contributed by atoms with van der Waals surface area (Å²) in [6.45, 7) is 10.4. The first-order chi connectivity index (χ1) is 19.8. The molecular weight excluding hydrogens is 518 g/mol. The predicted molar refractivity (Wildman–Crippen MR) is 159 cm³/mol. The molecule has 8 heteroatoms. The van der Waals surface area contributed by atoms with Crippen LogP contribution >= 0.6 is 0 Å². The molecule has 0 bridgehead atoms. The van der Waals surface area contributed by atoms with Crippen molar-refractivity contribution in [3.8, 4) is 22.8 Å². The molecule has 1 aliphatic heterocycles. The lowest BCUT2D eigenvalue weighted by atomic mass is 9.98. The summed E-state index contributed by atoms with van der Waals surface area (Å²) in [5.41, 5.74) is 3.58. The Balaban J connectivity index is 1.45. The number of unbranched alkanes of at least 4 members (excludes halogenated alkanes) is 1. The number of ether oxygens (including phenoxy) is 4. The molecule has 0 aliphatic carbocycles. The number of amides is 1. The van der Waals surface area contributed by atoms with Gasteiger partial charge >= 0.3 is 6.09 Å². The van der Waals surface area contributed by atoms with Crippen LogP contribution in [0.3, 0.4) is 0 Å². The van der Waals surface area contributed by atoms with E-state index < -0.39 is 5.60 Å².